The van der Waals surface area contributed by atoms with Crippen molar-refractivity contribution in [3.63, 3.8) is 0 Å². The van der Waals surface area contributed by atoms with Crippen molar-refractivity contribution < 1.29 is 4.79 Å². The summed E-state index contributed by atoms with van der Waals surface area (Å²) < 4.78 is 0. The van der Waals surface area contributed by atoms with Gasteiger partial charge in [0.15, 0.2) is 5.78 Å². The molecule has 1 saturated heterocycles. The summed E-state index contributed by atoms with van der Waals surface area (Å²) in [4.78, 5) is 12.1. The van der Waals surface area contributed by atoms with Gasteiger partial charge in [0.1, 0.15) is 0 Å². The molecule has 15 heavy (non-hydrogen) atoms. The van der Waals surface area contributed by atoms with E-state index in [9.17, 15) is 4.79 Å². The van der Waals surface area contributed by atoms with Gasteiger partial charge in [-0.15, -0.1) is 11.6 Å². The quantitative estimate of drug-likeness (QED) is 0.737. The Morgan fingerprint density at radius 2 is 2.00 bits per heavy atom. The van der Waals surface area contributed by atoms with E-state index in [1.807, 2.05) is 32.8 Å². The molecule has 3 unspecified atom stereocenters. The van der Waals surface area contributed by atoms with Crippen LogP contribution in [0.2, 0.25) is 0 Å². The maximum absolute atomic E-state index is 12.1. The number of halogens is 1. The summed E-state index contributed by atoms with van der Waals surface area (Å²) in [5.74, 6) is 0.185. The lowest BCUT2D eigenvalue weighted by Gasteiger charge is -2.23. The fraction of sp³-hybridized carbons (Fsp3) is 0.909. The van der Waals surface area contributed by atoms with Crippen molar-refractivity contribution >= 4 is 17.4 Å². The van der Waals surface area contributed by atoms with Crippen LogP contribution in [0.5, 0.6) is 0 Å². The van der Waals surface area contributed by atoms with Crippen molar-refractivity contribution in [1.82, 2.24) is 10.4 Å². The van der Waals surface area contributed by atoms with Crippen molar-refractivity contribution in [3.05, 3.63) is 0 Å². The lowest BCUT2D eigenvalue weighted by atomic mass is 9.85. The second-order valence-electron chi connectivity index (χ2n) is 5.25. The average molecular weight is 233 g/mol. The number of hydrazine groups is 1. The van der Waals surface area contributed by atoms with Crippen molar-refractivity contribution in [1.29, 1.82) is 0 Å². The first-order valence-electron chi connectivity index (χ1n) is 5.46. The third kappa shape index (κ3) is 2.52. The normalized spacial score (nSPS) is 33.3. The molecule has 3 atom stereocenters. The lowest BCUT2D eigenvalue weighted by molar-refractivity contribution is -0.128. The lowest BCUT2D eigenvalue weighted by Crippen LogP contribution is -2.45. The van der Waals surface area contributed by atoms with Crippen LogP contribution in [-0.4, -0.2) is 35.3 Å². The summed E-state index contributed by atoms with van der Waals surface area (Å²) in [6.45, 7) is 7.88. The van der Waals surface area contributed by atoms with Crippen LogP contribution in [0.25, 0.3) is 0 Å². The Hall–Kier alpha value is -0.120. The van der Waals surface area contributed by atoms with Gasteiger partial charge in [-0.2, -0.15) is 0 Å². The number of carbonyl (C=O) groups excluding carboxylic acids is 1. The van der Waals surface area contributed by atoms with Gasteiger partial charge in [0, 0.05) is 18.5 Å². The van der Waals surface area contributed by atoms with Crippen LogP contribution >= 0.6 is 11.6 Å². The average Bonchev–Trinajstić information content (AvgIpc) is 2.39. The number of ketones is 1. The highest BCUT2D eigenvalue weighted by molar-refractivity contribution is 6.23. The van der Waals surface area contributed by atoms with E-state index in [4.69, 9.17) is 11.6 Å². The zero-order valence-electron chi connectivity index (χ0n) is 10.2. The van der Waals surface area contributed by atoms with Crippen LogP contribution in [0, 0.1) is 5.41 Å². The van der Waals surface area contributed by atoms with Gasteiger partial charge in [-0.25, -0.2) is 10.4 Å². The number of alkyl halides is 1. The number of hydrogen-bond acceptors (Lipinski definition) is 3. The second kappa shape index (κ2) is 4.40. The van der Waals surface area contributed by atoms with E-state index in [0.717, 1.165) is 6.42 Å². The zero-order valence-corrected chi connectivity index (χ0v) is 10.9. The van der Waals surface area contributed by atoms with Crippen LogP contribution in [0.15, 0.2) is 0 Å². The van der Waals surface area contributed by atoms with E-state index in [0.29, 0.717) is 0 Å². The molecule has 1 fully saturated rings. The maximum atomic E-state index is 12.1. The first kappa shape index (κ1) is 12.9. The highest BCUT2D eigenvalue weighted by Crippen LogP contribution is 2.28. The van der Waals surface area contributed by atoms with Gasteiger partial charge in [-0.1, -0.05) is 27.7 Å². The Kier molecular flexibility index (Phi) is 3.80. The summed E-state index contributed by atoms with van der Waals surface area (Å²) in [7, 11) is 1.94. The molecule has 0 amide bonds. The molecule has 0 aromatic rings. The molecule has 0 aromatic heterocycles. The minimum atomic E-state index is -0.339. The van der Waals surface area contributed by atoms with E-state index < -0.39 is 0 Å². The van der Waals surface area contributed by atoms with E-state index >= 15 is 0 Å². The van der Waals surface area contributed by atoms with E-state index in [2.05, 4.69) is 12.3 Å². The summed E-state index contributed by atoms with van der Waals surface area (Å²) in [5, 5.41) is 1.83. The standard InChI is InChI=1S/C11H21ClN2O/c1-6-7-8(12)9(13-14(7)5)10(15)11(2,3)4/h7-9,13H,6H2,1-5H3. The topological polar surface area (TPSA) is 32.3 Å². The number of rotatable bonds is 2. The molecule has 0 aliphatic carbocycles. The van der Waals surface area contributed by atoms with Crippen LogP contribution in [0.4, 0.5) is 0 Å². The van der Waals surface area contributed by atoms with Crippen molar-refractivity contribution in [2.45, 2.75) is 51.6 Å². The highest BCUT2D eigenvalue weighted by Gasteiger charge is 2.44. The van der Waals surface area contributed by atoms with E-state index in [1.54, 1.807) is 0 Å². The largest absolute Gasteiger partial charge is 0.297 e. The number of hydrogen-bond donors (Lipinski definition) is 1. The summed E-state index contributed by atoms with van der Waals surface area (Å²) in [5.41, 5.74) is 2.82. The van der Waals surface area contributed by atoms with E-state index in [1.165, 1.54) is 0 Å². The molecule has 3 nitrogen and oxygen atoms in total. The van der Waals surface area contributed by atoms with Gasteiger partial charge in [0.25, 0.3) is 0 Å². The third-order valence-electron chi connectivity index (χ3n) is 2.97. The smallest absolute Gasteiger partial charge is 0.157 e. The van der Waals surface area contributed by atoms with Crippen LogP contribution < -0.4 is 5.43 Å². The summed E-state index contributed by atoms with van der Waals surface area (Å²) in [6, 6.07) is -0.00965. The molecule has 1 aliphatic rings. The van der Waals surface area contributed by atoms with Crippen LogP contribution in [0.1, 0.15) is 34.1 Å². The van der Waals surface area contributed by atoms with Crippen LogP contribution in [-0.2, 0) is 4.79 Å². The van der Waals surface area contributed by atoms with Gasteiger partial charge in [-0.3, -0.25) is 4.79 Å². The fourth-order valence-electron chi connectivity index (χ4n) is 1.99. The van der Waals surface area contributed by atoms with Gasteiger partial charge in [0.05, 0.1) is 11.4 Å². The van der Waals surface area contributed by atoms with Gasteiger partial charge >= 0.3 is 0 Å². The third-order valence-corrected chi connectivity index (χ3v) is 3.51. The molecular weight excluding hydrogens is 212 g/mol. The highest BCUT2D eigenvalue weighted by atomic mass is 35.5. The molecular formula is C11H21ClN2O. The molecule has 88 valence electrons. The van der Waals surface area contributed by atoms with Crippen molar-refractivity contribution in [2.24, 2.45) is 5.41 Å². The molecule has 0 bridgehead atoms. The van der Waals surface area contributed by atoms with Crippen molar-refractivity contribution in [2.75, 3.05) is 7.05 Å². The Balaban J connectivity index is 2.79. The molecule has 1 aliphatic heterocycles. The first-order chi connectivity index (χ1) is 6.79. The zero-order chi connectivity index (χ0) is 11.8. The Bertz CT molecular complexity index is 249. The summed E-state index contributed by atoms with van der Waals surface area (Å²) in [6.07, 6.45) is 0.950. The Morgan fingerprint density at radius 3 is 2.33 bits per heavy atom. The minimum Gasteiger partial charge on any atom is -0.297 e. The van der Waals surface area contributed by atoms with Gasteiger partial charge < -0.3 is 0 Å². The molecule has 0 aromatic carbocycles. The molecule has 0 saturated carbocycles. The number of nitrogens with one attached hydrogen (secondary N) is 1. The molecule has 1 heterocycles. The predicted octanol–water partition coefficient (Wildman–Crippen LogP) is 1.81. The fourth-order valence-corrected chi connectivity index (χ4v) is 2.51. The molecule has 0 radical (unpaired) electrons. The maximum Gasteiger partial charge on any atom is 0.157 e. The molecule has 1 rings (SSSR count). The Morgan fingerprint density at radius 1 is 1.47 bits per heavy atom. The first-order valence-corrected chi connectivity index (χ1v) is 5.90. The van der Waals surface area contributed by atoms with Gasteiger partial charge in [-0.05, 0) is 6.42 Å². The van der Waals surface area contributed by atoms with E-state index in [-0.39, 0.29) is 28.7 Å². The second-order valence-corrected chi connectivity index (χ2v) is 5.76. The van der Waals surface area contributed by atoms with Crippen molar-refractivity contribution in [3.8, 4) is 0 Å². The Labute approximate surface area is 97.1 Å². The minimum absolute atomic E-state index is 0.133. The molecule has 4 heteroatoms. The van der Waals surface area contributed by atoms with Crippen LogP contribution in [0.3, 0.4) is 0 Å². The number of carbonyl (C=O) groups is 1. The SMILES string of the molecule is CCC1C(Cl)C(C(=O)C(C)(C)C)NN1C. The summed E-state index contributed by atoms with van der Waals surface area (Å²) >= 11 is 6.32. The molecule has 0 spiro atoms. The van der Waals surface area contributed by atoms with Gasteiger partial charge in [0.2, 0.25) is 0 Å². The number of Topliss-reactive ketones (excluding diaryl/α,β-unsaturated/α-hetero) is 1. The predicted molar refractivity (Wildman–Crippen MR) is 62.9 cm³/mol. The molecule has 1 N–H and O–H groups in total. The monoisotopic (exact) mass is 232 g/mol. The number of nitrogens with zero attached hydrogens (tertiary/aromatic N) is 1.